The Morgan fingerprint density at radius 2 is 1.78 bits per heavy atom. The van der Waals surface area contributed by atoms with Gasteiger partial charge in [-0.2, -0.15) is 0 Å². The number of hydrogen-bond acceptors (Lipinski definition) is 4. The average Bonchev–Trinajstić information content (AvgIpc) is 3.11. The summed E-state index contributed by atoms with van der Waals surface area (Å²) in [5.41, 5.74) is 1.10. The Labute approximate surface area is 159 Å². The van der Waals surface area contributed by atoms with E-state index in [0.29, 0.717) is 44.6 Å². The van der Waals surface area contributed by atoms with Crippen LogP contribution in [0.4, 0.5) is 4.79 Å². The van der Waals surface area contributed by atoms with Crippen molar-refractivity contribution in [2.75, 3.05) is 39.4 Å². The van der Waals surface area contributed by atoms with E-state index in [9.17, 15) is 9.59 Å². The van der Waals surface area contributed by atoms with Crippen LogP contribution in [0.3, 0.4) is 0 Å². The number of carbonyl (C=O) groups is 2. The minimum Gasteiger partial charge on any atom is -0.483 e. The average molecular weight is 373 g/mol. The molecule has 1 fully saturated rings. The fourth-order valence-corrected chi connectivity index (χ4v) is 3.32. The third-order valence-electron chi connectivity index (χ3n) is 4.79. The highest BCUT2D eigenvalue weighted by atomic mass is 16.6. The Morgan fingerprint density at radius 1 is 1.07 bits per heavy atom. The summed E-state index contributed by atoms with van der Waals surface area (Å²) in [5.74, 6) is 0.643. The summed E-state index contributed by atoms with van der Waals surface area (Å²) in [4.78, 5) is 27.6. The molecule has 0 atom stereocenters. The van der Waals surface area contributed by atoms with Crippen LogP contribution < -0.4 is 4.74 Å². The van der Waals surface area contributed by atoms with E-state index in [0.717, 1.165) is 10.9 Å². The maximum atomic E-state index is 12.5. The second-order valence-electron chi connectivity index (χ2n) is 6.86. The van der Waals surface area contributed by atoms with Crippen molar-refractivity contribution in [3.8, 4) is 5.75 Å². The van der Waals surface area contributed by atoms with E-state index >= 15 is 0 Å². The second kappa shape index (κ2) is 8.33. The molecule has 3 rings (SSSR count). The standard InChI is InChI=1S/C20H27N3O4/c1-4-26-20(25)22-12-10-21(11-13-22)19(24)14-27-18-7-5-6-17-16(18)8-9-23(17)15(2)3/h5-9,15H,4,10-14H2,1-3H3. The minimum absolute atomic E-state index is 0.00855. The Kier molecular flexibility index (Phi) is 5.88. The summed E-state index contributed by atoms with van der Waals surface area (Å²) in [7, 11) is 0. The third-order valence-corrected chi connectivity index (χ3v) is 4.79. The molecule has 0 N–H and O–H groups in total. The highest BCUT2D eigenvalue weighted by molar-refractivity contribution is 5.87. The van der Waals surface area contributed by atoms with Crippen molar-refractivity contribution < 1.29 is 19.1 Å². The third kappa shape index (κ3) is 4.18. The van der Waals surface area contributed by atoms with Gasteiger partial charge in [0.15, 0.2) is 6.61 Å². The Balaban J connectivity index is 1.57. The molecule has 1 aliphatic heterocycles. The molecule has 0 spiro atoms. The number of nitrogens with zero attached hydrogens (tertiary/aromatic N) is 3. The van der Waals surface area contributed by atoms with Gasteiger partial charge in [0.2, 0.25) is 0 Å². The summed E-state index contributed by atoms with van der Waals surface area (Å²) < 4.78 is 13.0. The van der Waals surface area contributed by atoms with E-state index < -0.39 is 0 Å². The van der Waals surface area contributed by atoms with Crippen LogP contribution in [0.25, 0.3) is 10.9 Å². The molecule has 146 valence electrons. The van der Waals surface area contributed by atoms with Crippen LogP contribution in [0.1, 0.15) is 26.8 Å². The van der Waals surface area contributed by atoms with Gasteiger partial charge < -0.3 is 23.8 Å². The molecule has 0 unspecified atom stereocenters. The smallest absolute Gasteiger partial charge is 0.409 e. The van der Waals surface area contributed by atoms with Gasteiger partial charge in [-0.15, -0.1) is 0 Å². The van der Waals surface area contributed by atoms with Crippen LogP contribution in [0.15, 0.2) is 30.5 Å². The zero-order valence-corrected chi connectivity index (χ0v) is 16.2. The molecule has 0 aliphatic carbocycles. The van der Waals surface area contributed by atoms with Crippen LogP contribution in [0.2, 0.25) is 0 Å². The molecule has 27 heavy (non-hydrogen) atoms. The van der Waals surface area contributed by atoms with Gasteiger partial charge in [-0.1, -0.05) is 6.07 Å². The zero-order valence-electron chi connectivity index (χ0n) is 16.2. The fourth-order valence-electron chi connectivity index (χ4n) is 3.32. The van der Waals surface area contributed by atoms with E-state index in [4.69, 9.17) is 9.47 Å². The highest BCUT2D eigenvalue weighted by Crippen LogP contribution is 2.28. The predicted octanol–water partition coefficient (Wildman–Crippen LogP) is 2.90. The number of benzene rings is 1. The topological polar surface area (TPSA) is 64.0 Å². The maximum absolute atomic E-state index is 12.5. The van der Waals surface area contributed by atoms with Crippen molar-refractivity contribution in [2.45, 2.75) is 26.8 Å². The highest BCUT2D eigenvalue weighted by Gasteiger charge is 2.25. The molecule has 0 radical (unpaired) electrons. The summed E-state index contributed by atoms with van der Waals surface area (Å²) >= 11 is 0. The van der Waals surface area contributed by atoms with Crippen molar-refractivity contribution in [3.63, 3.8) is 0 Å². The molecule has 2 heterocycles. The number of carbonyl (C=O) groups excluding carboxylic acids is 2. The van der Waals surface area contributed by atoms with E-state index in [1.165, 1.54) is 0 Å². The zero-order chi connectivity index (χ0) is 19.4. The maximum Gasteiger partial charge on any atom is 0.409 e. The van der Waals surface area contributed by atoms with E-state index in [1.807, 2.05) is 24.4 Å². The van der Waals surface area contributed by atoms with Crippen LogP contribution >= 0.6 is 0 Å². The lowest BCUT2D eigenvalue weighted by atomic mass is 10.2. The Morgan fingerprint density at radius 3 is 2.44 bits per heavy atom. The number of hydrogen-bond donors (Lipinski definition) is 0. The lowest BCUT2D eigenvalue weighted by Crippen LogP contribution is -2.51. The van der Waals surface area contributed by atoms with Gasteiger partial charge >= 0.3 is 6.09 Å². The number of piperazine rings is 1. The van der Waals surface area contributed by atoms with E-state index in [1.54, 1.807) is 16.7 Å². The van der Waals surface area contributed by atoms with E-state index in [-0.39, 0.29) is 18.6 Å². The molecule has 1 aromatic carbocycles. The monoisotopic (exact) mass is 373 g/mol. The molecule has 0 saturated carbocycles. The Bertz CT molecular complexity index is 807. The lowest BCUT2D eigenvalue weighted by Gasteiger charge is -2.33. The summed E-state index contributed by atoms with van der Waals surface area (Å²) in [5, 5.41) is 1.01. The second-order valence-corrected chi connectivity index (χ2v) is 6.86. The molecule has 7 nitrogen and oxygen atoms in total. The molecule has 1 aliphatic rings. The van der Waals surface area contributed by atoms with Gasteiger partial charge in [0, 0.05) is 43.8 Å². The molecule has 0 bridgehead atoms. The number of fused-ring (bicyclic) bond motifs is 1. The van der Waals surface area contributed by atoms with Crippen molar-refractivity contribution in [1.29, 1.82) is 0 Å². The van der Waals surface area contributed by atoms with Gasteiger partial charge in [0.25, 0.3) is 5.91 Å². The van der Waals surface area contributed by atoms with Gasteiger partial charge in [0.05, 0.1) is 12.1 Å². The lowest BCUT2D eigenvalue weighted by molar-refractivity contribution is -0.134. The molecular weight excluding hydrogens is 346 g/mol. The molecule has 2 amide bonds. The SMILES string of the molecule is CCOC(=O)N1CCN(C(=O)COc2cccc3c2ccn3C(C)C)CC1. The molecule has 7 heteroatoms. The van der Waals surface area contributed by atoms with Crippen molar-refractivity contribution >= 4 is 22.9 Å². The minimum atomic E-state index is -0.317. The summed E-state index contributed by atoms with van der Waals surface area (Å²) in [6, 6.07) is 8.26. The fraction of sp³-hybridized carbons (Fsp3) is 0.500. The first-order valence-electron chi connectivity index (χ1n) is 9.43. The van der Waals surface area contributed by atoms with Gasteiger partial charge in [0.1, 0.15) is 5.75 Å². The largest absolute Gasteiger partial charge is 0.483 e. The molecular formula is C20H27N3O4. The van der Waals surface area contributed by atoms with Crippen molar-refractivity contribution in [3.05, 3.63) is 30.5 Å². The number of aromatic nitrogens is 1. The van der Waals surface area contributed by atoms with Gasteiger partial charge in [-0.05, 0) is 39.0 Å². The van der Waals surface area contributed by atoms with Gasteiger partial charge in [-0.3, -0.25) is 4.79 Å². The van der Waals surface area contributed by atoms with Gasteiger partial charge in [-0.25, -0.2) is 4.79 Å². The summed E-state index contributed by atoms with van der Waals surface area (Å²) in [6.07, 6.45) is 1.72. The van der Waals surface area contributed by atoms with Crippen molar-refractivity contribution in [2.24, 2.45) is 0 Å². The van der Waals surface area contributed by atoms with Crippen LogP contribution in [0.5, 0.6) is 5.75 Å². The first-order chi connectivity index (χ1) is 13.0. The number of ether oxygens (including phenoxy) is 2. The van der Waals surface area contributed by atoms with Crippen LogP contribution in [-0.4, -0.2) is 65.8 Å². The van der Waals surface area contributed by atoms with Crippen LogP contribution in [-0.2, 0) is 9.53 Å². The quantitative estimate of drug-likeness (QED) is 0.808. The van der Waals surface area contributed by atoms with Crippen molar-refractivity contribution in [1.82, 2.24) is 14.4 Å². The first kappa shape index (κ1) is 19.1. The predicted molar refractivity (Wildman–Crippen MR) is 103 cm³/mol. The first-order valence-corrected chi connectivity index (χ1v) is 9.43. The molecule has 1 saturated heterocycles. The summed E-state index contributed by atoms with van der Waals surface area (Å²) in [6.45, 7) is 8.35. The Hall–Kier alpha value is -2.70. The van der Waals surface area contributed by atoms with Crippen LogP contribution in [0, 0.1) is 0 Å². The number of rotatable bonds is 5. The van der Waals surface area contributed by atoms with E-state index in [2.05, 4.69) is 24.5 Å². The molecule has 2 aromatic rings. The normalized spacial score (nSPS) is 14.7. The number of amides is 2. The molecule has 1 aromatic heterocycles.